The normalized spacial score (nSPS) is 21.1. The molecule has 8 nitrogen and oxygen atoms in total. The number of rotatable bonds is 9. The number of amides is 1. The second-order valence-corrected chi connectivity index (χ2v) is 10.3. The second-order valence-electron chi connectivity index (χ2n) is 10.3. The summed E-state index contributed by atoms with van der Waals surface area (Å²) in [4.78, 5) is 23.5. The molecule has 1 aliphatic heterocycles. The lowest BCUT2D eigenvalue weighted by Gasteiger charge is -2.43. The molecule has 37 heavy (non-hydrogen) atoms. The summed E-state index contributed by atoms with van der Waals surface area (Å²) < 4.78 is 54.2. The first kappa shape index (κ1) is 27.1. The number of alkyl halides is 3. The smallest absolute Gasteiger partial charge is 0.391 e. The predicted octanol–water partition coefficient (Wildman–Crippen LogP) is 3.16. The Morgan fingerprint density at radius 2 is 1.86 bits per heavy atom. The number of piperidine rings is 1. The fraction of sp³-hybridized carbons (Fsp3) is 0.560. The van der Waals surface area contributed by atoms with Crippen molar-refractivity contribution in [3.05, 3.63) is 47.5 Å². The summed E-state index contributed by atoms with van der Waals surface area (Å²) in [5.41, 5.74) is 4.48. The molecule has 4 N–H and O–H groups in total. The van der Waals surface area contributed by atoms with Crippen LogP contribution in [0.4, 0.5) is 29.2 Å². The number of aliphatic hydroxyl groups is 1. The zero-order valence-electron chi connectivity index (χ0n) is 20.8. The summed E-state index contributed by atoms with van der Waals surface area (Å²) >= 11 is 0. The van der Waals surface area contributed by atoms with Crippen LogP contribution >= 0.6 is 0 Å². The summed E-state index contributed by atoms with van der Waals surface area (Å²) in [6.07, 6.45) is -1.68. The van der Waals surface area contributed by atoms with Gasteiger partial charge in [0.05, 0.1) is 17.2 Å². The second kappa shape index (κ2) is 10.4. The summed E-state index contributed by atoms with van der Waals surface area (Å²) in [6.45, 7) is 4.73. The van der Waals surface area contributed by atoms with Crippen molar-refractivity contribution in [1.82, 2.24) is 14.9 Å². The SMILES string of the molecule is CC(C)(C(N)=O)N1CC[C@@H](CNc2ncnc(N(Cc3ccc(C(F)(F)F)cc3)C3CC3)c2F)[C@H](O)C1. The zero-order chi connectivity index (χ0) is 27.0. The minimum atomic E-state index is -4.42. The largest absolute Gasteiger partial charge is 0.416 e. The highest BCUT2D eigenvalue weighted by Gasteiger charge is 2.39. The van der Waals surface area contributed by atoms with Crippen molar-refractivity contribution < 1.29 is 27.5 Å². The molecule has 1 saturated heterocycles. The van der Waals surface area contributed by atoms with Crippen LogP contribution in [0.5, 0.6) is 0 Å². The number of likely N-dealkylation sites (tertiary alicyclic amines) is 1. The molecule has 0 spiro atoms. The lowest BCUT2D eigenvalue weighted by Crippen LogP contribution is -2.59. The minimum Gasteiger partial charge on any atom is -0.391 e. The van der Waals surface area contributed by atoms with Crippen molar-refractivity contribution >= 4 is 17.5 Å². The van der Waals surface area contributed by atoms with E-state index in [1.54, 1.807) is 18.7 Å². The third-order valence-corrected chi connectivity index (χ3v) is 7.31. The number of primary amides is 1. The van der Waals surface area contributed by atoms with Crippen LogP contribution in [0.3, 0.4) is 0 Å². The Morgan fingerprint density at radius 3 is 2.43 bits per heavy atom. The van der Waals surface area contributed by atoms with E-state index < -0.39 is 35.1 Å². The van der Waals surface area contributed by atoms with Crippen LogP contribution in [0.1, 0.15) is 44.2 Å². The fourth-order valence-electron chi connectivity index (χ4n) is 4.55. The molecule has 2 fully saturated rings. The third kappa shape index (κ3) is 6.12. The molecule has 1 aliphatic carbocycles. The van der Waals surface area contributed by atoms with Gasteiger partial charge in [-0.15, -0.1) is 0 Å². The van der Waals surface area contributed by atoms with Gasteiger partial charge in [-0.05, 0) is 57.4 Å². The Morgan fingerprint density at radius 1 is 1.19 bits per heavy atom. The first-order valence-corrected chi connectivity index (χ1v) is 12.3. The highest BCUT2D eigenvalue weighted by atomic mass is 19.4. The maximum absolute atomic E-state index is 15.5. The quantitative estimate of drug-likeness (QED) is 0.433. The van der Waals surface area contributed by atoms with Gasteiger partial charge in [0.25, 0.3) is 0 Å². The van der Waals surface area contributed by atoms with Crippen molar-refractivity contribution in [1.29, 1.82) is 0 Å². The number of benzene rings is 1. The number of nitrogens with zero attached hydrogens (tertiary/aromatic N) is 4. The van der Waals surface area contributed by atoms with E-state index in [4.69, 9.17) is 5.73 Å². The lowest BCUT2D eigenvalue weighted by molar-refractivity contribution is -0.137. The van der Waals surface area contributed by atoms with E-state index in [-0.39, 0.29) is 43.2 Å². The molecule has 2 aromatic rings. The number of hydrogen-bond donors (Lipinski definition) is 3. The molecule has 2 heterocycles. The van der Waals surface area contributed by atoms with Gasteiger partial charge in [-0.2, -0.15) is 17.6 Å². The highest BCUT2D eigenvalue weighted by molar-refractivity contribution is 5.83. The summed E-state index contributed by atoms with van der Waals surface area (Å²) in [7, 11) is 0. The average molecular weight is 525 g/mol. The predicted molar refractivity (Wildman–Crippen MR) is 130 cm³/mol. The maximum atomic E-state index is 15.5. The van der Waals surface area contributed by atoms with E-state index in [9.17, 15) is 23.1 Å². The lowest BCUT2D eigenvalue weighted by atomic mass is 9.89. The minimum absolute atomic E-state index is 0.00448. The monoisotopic (exact) mass is 524 g/mol. The van der Waals surface area contributed by atoms with Gasteiger partial charge in [0.1, 0.15) is 6.33 Å². The Hall–Kier alpha value is -2.99. The number of carbonyl (C=O) groups excluding carboxylic acids is 1. The maximum Gasteiger partial charge on any atom is 0.416 e. The Bertz CT molecular complexity index is 1110. The Kier molecular flexibility index (Phi) is 7.61. The van der Waals surface area contributed by atoms with E-state index in [0.717, 1.165) is 25.0 Å². The van der Waals surface area contributed by atoms with E-state index >= 15 is 4.39 Å². The molecule has 4 rings (SSSR count). The molecule has 0 radical (unpaired) electrons. The number of aliphatic hydroxyl groups excluding tert-OH is 1. The zero-order valence-corrected chi connectivity index (χ0v) is 20.8. The van der Waals surface area contributed by atoms with Gasteiger partial charge < -0.3 is 21.1 Å². The number of nitrogens with one attached hydrogen (secondary N) is 1. The molecule has 1 saturated carbocycles. The van der Waals surface area contributed by atoms with Crippen LogP contribution in [-0.2, 0) is 17.5 Å². The van der Waals surface area contributed by atoms with Crippen molar-refractivity contribution in [2.24, 2.45) is 11.7 Å². The summed E-state index contributed by atoms with van der Waals surface area (Å²) in [5, 5.41) is 13.6. The van der Waals surface area contributed by atoms with Gasteiger partial charge in [0, 0.05) is 31.6 Å². The molecule has 202 valence electrons. The Balaban J connectivity index is 1.43. The number of halogens is 4. The van der Waals surface area contributed by atoms with Crippen LogP contribution in [-0.4, -0.2) is 63.2 Å². The van der Waals surface area contributed by atoms with Crippen LogP contribution < -0.4 is 16.0 Å². The topological polar surface area (TPSA) is 108 Å². The van der Waals surface area contributed by atoms with Gasteiger partial charge in [0.2, 0.25) is 11.7 Å². The number of aromatic nitrogens is 2. The average Bonchev–Trinajstić information content (AvgIpc) is 3.68. The number of carbonyl (C=O) groups is 1. The fourth-order valence-corrected chi connectivity index (χ4v) is 4.55. The van der Waals surface area contributed by atoms with Crippen LogP contribution in [0.25, 0.3) is 0 Å². The van der Waals surface area contributed by atoms with Gasteiger partial charge in [-0.3, -0.25) is 9.69 Å². The number of nitrogens with two attached hydrogens (primary N) is 1. The molecule has 12 heteroatoms. The standard InChI is InChI=1S/C25H32F4N6O2/c1-24(2,23(30)37)34-10-9-16(19(36)13-34)11-31-21-20(26)22(33-14-32-21)35(18-7-8-18)12-15-3-5-17(6-4-15)25(27,28)29/h3-6,14,16,18-19,36H,7-13H2,1-2H3,(H2,30,37)(H,31,32,33)/t16-,19+/m0/s1. The van der Waals surface area contributed by atoms with Crippen molar-refractivity contribution in [2.45, 2.75) is 63.5 Å². The first-order chi connectivity index (χ1) is 17.4. The third-order valence-electron chi connectivity index (χ3n) is 7.31. The molecule has 2 aliphatic rings. The molecule has 1 aromatic heterocycles. The van der Waals surface area contributed by atoms with Gasteiger partial charge in [-0.25, -0.2) is 9.97 Å². The molecule has 0 unspecified atom stereocenters. The van der Waals surface area contributed by atoms with E-state index in [0.29, 0.717) is 18.5 Å². The van der Waals surface area contributed by atoms with Crippen molar-refractivity contribution in [3.8, 4) is 0 Å². The number of hydrogen-bond acceptors (Lipinski definition) is 7. The number of β-amino-alcohol motifs (C(OH)–C–C–N with tert-alkyl or cyclic N) is 1. The molecule has 1 aromatic carbocycles. The number of anilines is 2. The first-order valence-electron chi connectivity index (χ1n) is 12.3. The molecular weight excluding hydrogens is 492 g/mol. The molecule has 1 amide bonds. The van der Waals surface area contributed by atoms with Crippen LogP contribution in [0, 0.1) is 11.7 Å². The summed E-state index contributed by atoms with van der Waals surface area (Å²) in [5.74, 6) is -1.23. The Labute approximate surface area is 212 Å². The van der Waals surface area contributed by atoms with E-state index in [2.05, 4.69) is 15.3 Å². The van der Waals surface area contributed by atoms with Gasteiger partial charge >= 0.3 is 6.18 Å². The van der Waals surface area contributed by atoms with E-state index in [1.165, 1.54) is 18.5 Å². The van der Waals surface area contributed by atoms with E-state index in [1.807, 2.05) is 4.90 Å². The van der Waals surface area contributed by atoms with Gasteiger partial charge in [-0.1, -0.05) is 12.1 Å². The molecular formula is C25H32F4N6O2. The molecule has 0 bridgehead atoms. The van der Waals surface area contributed by atoms with Gasteiger partial charge in [0.15, 0.2) is 11.6 Å². The molecule has 2 atom stereocenters. The van der Waals surface area contributed by atoms with Crippen molar-refractivity contribution in [2.75, 3.05) is 29.9 Å². The van der Waals surface area contributed by atoms with Crippen LogP contribution in [0.15, 0.2) is 30.6 Å². The van der Waals surface area contributed by atoms with Crippen molar-refractivity contribution in [3.63, 3.8) is 0 Å². The highest BCUT2D eigenvalue weighted by Crippen LogP contribution is 2.35. The summed E-state index contributed by atoms with van der Waals surface area (Å²) in [6, 6.07) is 4.86. The van der Waals surface area contributed by atoms with Crippen LogP contribution in [0.2, 0.25) is 0 Å².